The molecule has 146 valence electrons. The zero-order valence-electron chi connectivity index (χ0n) is 16.6. The molecule has 0 amide bonds. The second kappa shape index (κ2) is 8.87. The third-order valence-corrected chi connectivity index (χ3v) is 3.58. The second-order valence-electron chi connectivity index (χ2n) is 7.04. The summed E-state index contributed by atoms with van der Waals surface area (Å²) in [6, 6.07) is 1.83. The molecule has 0 bridgehead atoms. The van der Waals surface area contributed by atoms with Gasteiger partial charge in [-0.25, -0.2) is 0 Å². The minimum atomic E-state index is -1.44. The average molecular weight is 367 g/mol. The summed E-state index contributed by atoms with van der Waals surface area (Å²) >= 11 is 0. The number of H-pyrrole nitrogens is 1. The Morgan fingerprint density at radius 1 is 1.00 bits per heavy atom. The number of aromatic nitrogens is 1. The molecular weight excluding hydrogens is 338 g/mol. The fraction of sp³-hybridized carbons (Fsp3) is 0.632. The number of esters is 3. The molecule has 1 aromatic rings. The third-order valence-electron chi connectivity index (χ3n) is 3.58. The van der Waals surface area contributed by atoms with Gasteiger partial charge >= 0.3 is 17.9 Å². The van der Waals surface area contributed by atoms with Crippen LogP contribution in [0.1, 0.15) is 57.5 Å². The van der Waals surface area contributed by atoms with Crippen LogP contribution in [0, 0.1) is 19.8 Å². The van der Waals surface area contributed by atoms with Crippen molar-refractivity contribution in [2.45, 2.75) is 60.0 Å². The van der Waals surface area contributed by atoms with Crippen LogP contribution >= 0.6 is 0 Å². The zero-order valence-corrected chi connectivity index (χ0v) is 16.6. The second-order valence-corrected chi connectivity index (χ2v) is 7.04. The molecule has 1 atom stereocenters. The van der Waals surface area contributed by atoms with Crippen molar-refractivity contribution in [2.75, 3.05) is 13.2 Å². The molecule has 1 unspecified atom stereocenters. The number of nitrogens with one attached hydrogen (secondary N) is 1. The number of rotatable bonds is 7. The van der Waals surface area contributed by atoms with E-state index in [2.05, 4.69) is 4.98 Å². The highest BCUT2D eigenvalue weighted by Gasteiger charge is 2.45. The van der Waals surface area contributed by atoms with Gasteiger partial charge in [-0.15, -0.1) is 0 Å². The van der Waals surface area contributed by atoms with Crippen LogP contribution in [0.4, 0.5) is 0 Å². The van der Waals surface area contributed by atoms with Crippen LogP contribution in [-0.2, 0) is 28.6 Å². The Kier molecular flexibility index (Phi) is 7.41. The predicted octanol–water partition coefficient (Wildman–Crippen LogP) is 2.80. The summed E-state index contributed by atoms with van der Waals surface area (Å²) < 4.78 is 15.6. The average Bonchev–Trinajstić information content (AvgIpc) is 2.81. The molecule has 1 rings (SSSR count). The van der Waals surface area contributed by atoms with Gasteiger partial charge in [-0.3, -0.25) is 14.4 Å². The number of aromatic amines is 1. The lowest BCUT2D eigenvalue weighted by atomic mass is 9.87. The van der Waals surface area contributed by atoms with Crippen molar-refractivity contribution in [1.82, 2.24) is 4.98 Å². The monoisotopic (exact) mass is 367 g/mol. The molecule has 26 heavy (non-hydrogen) atoms. The summed E-state index contributed by atoms with van der Waals surface area (Å²) in [6.45, 7) is 12.2. The molecule has 7 nitrogen and oxygen atoms in total. The number of carbonyl (C=O) groups excluding carboxylic acids is 3. The highest BCUT2D eigenvalue weighted by Crippen LogP contribution is 2.32. The normalized spacial score (nSPS) is 12.6. The maximum atomic E-state index is 12.9. The first-order valence-electron chi connectivity index (χ1n) is 8.74. The lowest BCUT2D eigenvalue weighted by molar-refractivity contribution is -0.172. The summed E-state index contributed by atoms with van der Waals surface area (Å²) in [5, 5.41) is 0. The SMILES string of the molecule is CCOC(=O)C(C(=O)OCC)C(C(=O)OC(C)(C)C)c1[nH]c(C)cc1C. The fourth-order valence-corrected chi connectivity index (χ4v) is 2.69. The minimum Gasteiger partial charge on any atom is -0.465 e. The van der Waals surface area contributed by atoms with Gasteiger partial charge in [-0.05, 0) is 60.1 Å². The number of ether oxygens (including phenoxy) is 3. The van der Waals surface area contributed by atoms with Gasteiger partial charge in [0.05, 0.1) is 13.2 Å². The Bertz CT molecular complexity index is 637. The topological polar surface area (TPSA) is 94.7 Å². The van der Waals surface area contributed by atoms with Crippen molar-refractivity contribution in [3.63, 3.8) is 0 Å². The van der Waals surface area contributed by atoms with Crippen molar-refractivity contribution in [3.8, 4) is 0 Å². The molecule has 1 heterocycles. The Hall–Kier alpha value is -2.31. The summed E-state index contributed by atoms with van der Waals surface area (Å²) in [7, 11) is 0. The fourth-order valence-electron chi connectivity index (χ4n) is 2.69. The van der Waals surface area contributed by atoms with E-state index >= 15 is 0 Å². The number of hydrogen-bond donors (Lipinski definition) is 1. The van der Waals surface area contributed by atoms with Crippen LogP contribution < -0.4 is 0 Å². The number of hydrogen-bond acceptors (Lipinski definition) is 6. The Morgan fingerprint density at radius 2 is 1.50 bits per heavy atom. The van der Waals surface area contributed by atoms with Crippen molar-refractivity contribution in [1.29, 1.82) is 0 Å². The molecule has 1 N–H and O–H groups in total. The van der Waals surface area contributed by atoms with E-state index in [4.69, 9.17) is 14.2 Å². The number of aryl methyl sites for hydroxylation is 2. The summed E-state index contributed by atoms with van der Waals surface area (Å²) in [6.07, 6.45) is 0. The summed E-state index contributed by atoms with van der Waals surface area (Å²) in [4.78, 5) is 41.0. The van der Waals surface area contributed by atoms with E-state index in [1.165, 1.54) is 0 Å². The lowest BCUT2D eigenvalue weighted by Gasteiger charge is -2.27. The largest absolute Gasteiger partial charge is 0.465 e. The molecule has 0 fully saturated rings. The molecule has 0 radical (unpaired) electrons. The van der Waals surface area contributed by atoms with Gasteiger partial charge in [0.1, 0.15) is 11.5 Å². The van der Waals surface area contributed by atoms with E-state index in [-0.39, 0.29) is 13.2 Å². The molecule has 0 aromatic carbocycles. The van der Waals surface area contributed by atoms with Gasteiger partial charge in [0.2, 0.25) is 0 Å². The minimum absolute atomic E-state index is 0.0819. The van der Waals surface area contributed by atoms with Gasteiger partial charge in [0, 0.05) is 11.4 Å². The van der Waals surface area contributed by atoms with Crippen LogP contribution in [0.25, 0.3) is 0 Å². The van der Waals surface area contributed by atoms with Crippen LogP contribution in [0.5, 0.6) is 0 Å². The van der Waals surface area contributed by atoms with E-state index < -0.39 is 35.3 Å². The van der Waals surface area contributed by atoms with Crippen LogP contribution in [0.2, 0.25) is 0 Å². The molecule has 0 aliphatic heterocycles. The van der Waals surface area contributed by atoms with Gasteiger partial charge in [-0.1, -0.05) is 0 Å². The quantitative estimate of drug-likeness (QED) is 0.452. The van der Waals surface area contributed by atoms with Gasteiger partial charge in [0.15, 0.2) is 5.92 Å². The predicted molar refractivity (Wildman–Crippen MR) is 95.6 cm³/mol. The maximum absolute atomic E-state index is 12.9. The van der Waals surface area contributed by atoms with E-state index in [0.29, 0.717) is 5.69 Å². The van der Waals surface area contributed by atoms with E-state index in [0.717, 1.165) is 11.3 Å². The molecule has 7 heteroatoms. The van der Waals surface area contributed by atoms with E-state index in [9.17, 15) is 14.4 Å². The summed E-state index contributed by atoms with van der Waals surface area (Å²) in [5.74, 6) is -4.93. The standard InChI is InChI=1S/C19H29NO6/c1-8-24-16(21)14(17(22)25-9-2)13(18(23)26-19(5,6)7)15-11(3)10-12(4)20-15/h10,13-14,20H,8-9H2,1-7H3. The van der Waals surface area contributed by atoms with E-state index in [1.807, 2.05) is 13.0 Å². The van der Waals surface area contributed by atoms with Crippen LogP contribution in [0.15, 0.2) is 6.07 Å². The Labute approximate surface area is 154 Å². The summed E-state index contributed by atoms with van der Waals surface area (Å²) in [5.41, 5.74) is 1.22. The lowest BCUT2D eigenvalue weighted by Crippen LogP contribution is -2.40. The van der Waals surface area contributed by atoms with E-state index in [1.54, 1.807) is 41.5 Å². The first kappa shape index (κ1) is 21.7. The molecule has 0 saturated heterocycles. The maximum Gasteiger partial charge on any atom is 0.321 e. The third kappa shape index (κ3) is 5.61. The first-order valence-corrected chi connectivity index (χ1v) is 8.74. The zero-order chi connectivity index (χ0) is 20.1. The van der Waals surface area contributed by atoms with Crippen molar-refractivity contribution >= 4 is 17.9 Å². The van der Waals surface area contributed by atoms with Gasteiger partial charge in [-0.2, -0.15) is 0 Å². The van der Waals surface area contributed by atoms with Crippen molar-refractivity contribution < 1.29 is 28.6 Å². The van der Waals surface area contributed by atoms with Crippen LogP contribution in [-0.4, -0.2) is 41.7 Å². The molecule has 0 saturated carbocycles. The molecular formula is C19H29NO6. The highest BCUT2D eigenvalue weighted by atomic mass is 16.6. The number of carbonyl (C=O) groups is 3. The van der Waals surface area contributed by atoms with Crippen molar-refractivity contribution in [3.05, 3.63) is 23.0 Å². The molecule has 1 aromatic heterocycles. The Balaban J connectivity index is 3.46. The van der Waals surface area contributed by atoms with Gasteiger partial charge in [0.25, 0.3) is 0 Å². The molecule has 0 spiro atoms. The molecule has 0 aliphatic carbocycles. The Morgan fingerprint density at radius 3 is 1.85 bits per heavy atom. The van der Waals surface area contributed by atoms with Crippen molar-refractivity contribution in [2.24, 2.45) is 5.92 Å². The van der Waals surface area contributed by atoms with Crippen LogP contribution in [0.3, 0.4) is 0 Å². The highest BCUT2D eigenvalue weighted by molar-refractivity contribution is 6.01. The smallest absolute Gasteiger partial charge is 0.321 e. The molecule has 0 aliphatic rings. The first-order chi connectivity index (χ1) is 12.0. The van der Waals surface area contributed by atoms with Gasteiger partial charge < -0.3 is 19.2 Å².